The minimum absolute atomic E-state index is 0.00131. The van der Waals surface area contributed by atoms with E-state index in [1.165, 1.54) is 0 Å². The molecule has 2 aromatic rings. The maximum Gasteiger partial charge on any atom is 0.253 e. The number of carbonyl (C=O) groups excluding carboxylic acids is 1. The fourth-order valence-corrected chi connectivity index (χ4v) is 2.72. The summed E-state index contributed by atoms with van der Waals surface area (Å²) in [5.41, 5.74) is 2.53. The molecule has 0 spiro atoms. The summed E-state index contributed by atoms with van der Waals surface area (Å²) >= 11 is 0. The zero-order valence-corrected chi connectivity index (χ0v) is 14.8. The summed E-state index contributed by atoms with van der Waals surface area (Å²) in [5, 5.41) is 9.09. The molecule has 0 saturated heterocycles. The smallest absolute Gasteiger partial charge is 0.253 e. The highest BCUT2D eigenvalue weighted by atomic mass is 16.3. The standard InChI is InChI=1S/C18H27N3O2/c1-13-19-15-11-14(7-8-16(15)20(13)5)17(23)21(9-6-10-22)12-18(2,3)4/h7-8,11,22H,6,9-10,12H2,1-5H3. The van der Waals surface area contributed by atoms with E-state index in [4.69, 9.17) is 5.11 Å². The molecule has 1 aromatic heterocycles. The monoisotopic (exact) mass is 317 g/mol. The molecule has 2 rings (SSSR count). The van der Waals surface area contributed by atoms with E-state index in [2.05, 4.69) is 25.8 Å². The summed E-state index contributed by atoms with van der Waals surface area (Å²) < 4.78 is 2.02. The molecule has 0 aliphatic carbocycles. The lowest BCUT2D eigenvalue weighted by Crippen LogP contribution is -2.38. The third-order valence-electron chi connectivity index (χ3n) is 3.89. The van der Waals surface area contributed by atoms with Crippen molar-refractivity contribution in [3.05, 3.63) is 29.6 Å². The van der Waals surface area contributed by atoms with Crippen LogP contribution in [0.2, 0.25) is 0 Å². The molecule has 0 aliphatic rings. The van der Waals surface area contributed by atoms with Crippen molar-refractivity contribution >= 4 is 16.9 Å². The maximum absolute atomic E-state index is 12.9. The number of nitrogens with zero attached hydrogens (tertiary/aromatic N) is 3. The molecule has 0 radical (unpaired) electrons. The van der Waals surface area contributed by atoms with Crippen molar-refractivity contribution in [3.8, 4) is 0 Å². The van der Waals surface area contributed by atoms with E-state index in [9.17, 15) is 4.79 Å². The number of fused-ring (bicyclic) bond motifs is 1. The number of imidazole rings is 1. The van der Waals surface area contributed by atoms with Gasteiger partial charge in [0.1, 0.15) is 5.82 Å². The number of carbonyl (C=O) groups is 1. The second kappa shape index (κ2) is 6.71. The van der Waals surface area contributed by atoms with Gasteiger partial charge in [0.15, 0.2) is 0 Å². The minimum Gasteiger partial charge on any atom is -0.396 e. The topological polar surface area (TPSA) is 58.4 Å². The number of amides is 1. The van der Waals surface area contributed by atoms with Crippen LogP contribution >= 0.6 is 0 Å². The molecular formula is C18H27N3O2. The largest absolute Gasteiger partial charge is 0.396 e. The third kappa shape index (κ3) is 4.10. The van der Waals surface area contributed by atoms with E-state index in [0.29, 0.717) is 25.1 Å². The number of aryl methyl sites for hydroxylation is 2. The van der Waals surface area contributed by atoms with Crippen molar-refractivity contribution in [3.63, 3.8) is 0 Å². The van der Waals surface area contributed by atoms with Gasteiger partial charge in [-0.3, -0.25) is 4.79 Å². The summed E-state index contributed by atoms with van der Waals surface area (Å²) in [7, 11) is 1.97. The van der Waals surface area contributed by atoms with Gasteiger partial charge in [-0.05, 0) is 37.0 Å². The summed E-state index contributed by atoms with van der Waals surface area (Å²) in [6.45, 7) is 9.59. The van der Waals surface area contributed by atoms with Gasteiger partial charge < -0.3 is 14.6 Å². The number of benzene rings is 1. The molecule has 0 bridgehead atoms. The van der Waals surface area contributed by atoms with Gasteiger partial charge in [-0.2, -0.15) is 0 Å². The summed E-state index contributed by atoms with van der Waals surface area (Å²) in [6.07, 6.45) is 0.590. The lowest BCUT2D eigenvalue weighted by atomic mass is 9.95. The maximum atomic E-state index is 12.9. The predicted octanol–water partition coefficient (Wildman–Crippen LogP) is 2.75. The van der Waals surface area contributed by atoms with Crippen molar-refractivity contribution in [1.82, 2.24) is 14.5 Å². The average molecular weight is 317 g/mol. The summed E-state index contributed by atoms with van der Waals surface area (Å²) in [5.74, 6) is 0.926. The quantitative estimate of drug-likeness (QED) is 0.922. The zero-order valence-electron chi connectivity index (χ0n) is 14.8. The molecule has 0 aliphatic heterocycles. The molecule has 1 heterocycles. The Morgan fingerprint density at radius 3 is 2.65 bits per heavy atom. The van der Waals surface area contributed by atoms with Crippen LogP contribution in [0, 0.1) is 12.3 Å². The highest BCUT2D eigenvalue weighted by Gasteiger charge is 2.22. The summed E-state index contributed by atoms with van der Waals surface area (Å²) in [4.78, 5) is 19.2. The minimum atomic E-state index is -0.00131. The van der Waals surface area contributed by atoms with Crippen LogP contribution in [-0.4, -0.2) is 45.2 Å². The van der Waals surface area contributed by atoms with Crippen molar-refractivity contribution in [2.75, 3.05) is 19.7 Å². The number of aliphatic hydroxyl groups excluding tert-OH is 1. The molecular weight excluding hydrogens is 290 g/mol. The highest BCUT2D eigenvalue weighted by molar-refractivity contribution is 5.97. The van der Waals surface area contributed by atoms with Crippen LogP contribution in [0.15, 0.2) is 18.2 Å². The lowest BCUT2D eigenvalue weighted by Gasteiger charge is -2.30. The molecule has 5 nitrogen and oxygen atoms in total. The first-order valence-corrected chi connectivity index (χ1v) is 8.06. The Morgan fingerprint density at radius 1 is 1.35 bits per heavy atom. The first-order valence-electron chi connectivity index (χ1n) is 8.06. The fourth-order valence-electron chi connectivity index (χ4n) is 2.72. The molecule has 0 fully saturated rings. The van der Waals surface area contributed by atoms with Crippen molar-refractivity contribution < 1.29 is 9.90 Å². The fraction of sp³-hybridized carbons (Fsp3) is 0.556. The Hall–Kier alpha value is -1.88. The second-order valence-electron chi connectivity index (χ2n) is 7.29. The van der Waals surface area contributed by atoms with Crippen LogP contribution < -0.4 is 0 Å². The summed E-state index contributed by atoms with van der Waals surface area (Å²) in [6, 6.07) is 5.67. The molecule has 1 N–H and O–H groups in total. The number of hydrogen-bond donors (Lipinski definition) is 1. The van der Waals surface area contributed by atoms with Crippen LogP contribution in [0.3, 0.4) is 0 Å². The molecule has 1 aromatic carbocycles. The Bertz CT molecular complexity index is 698. The number of rotatable bonds is 5. The van der Waals surface area contributed by atoms with Gasteiger partial charge in [-0.25, -0.2) is 4.98 Å². The van der Waals surface area contributed by atoms with E-state index in [1.54, 1.807) is 0 Å². The first-order chi connectivity index (χ1) is 10.7. The highest BCUT2D eigenvalue weighted by Crippen LogP contribution is 2.20. The number of hydrogen-bond acceptors (Lipinski definition) is 3. The van der Waals surface area contributed by atoms with Gasteiger partial charge in [-0.1, -0.05) is 20.8 Å². The second-order valence-corrected chi connectivity index (χ2v) is 7.29. The number of aromatic nitrogens is 2. The van der Waals surface area contributed by atoms with Crippen molar-refractivity contribution in [1.29, 1.82) is 0 Å². The van der Waals surface area contributed by atoms with Gasteiger partial charge in [0.2, 0.25) is 0 Å². The molecule has 0 saturated carbocycles. The van der Waals surface area contributed by atoms with E-state index in [1.807, 2.05) is 41.6 Å². The van der Waals surface area contributed by atoms with E-state index < -0.39 is 0 Å². The van der Waals surface area contributed by atoms with E-state index in [0.717, 1.165) is 16.9 Å². The third-order valence-corrected chi connectivity index (χ3v) is 3.89. The number of aliphatic hydroxyl groups is 1. The molecule has 0 atom stereocenters. The van der Waals surface area contributed by atoms with Gasteiger partial charge in [0, 0.05) is 32.3 Å². The first kappa shape index (κ1) is 17.5. The van der Waals surface area contributed by atoms with Crippen LogP contribution in [0.5, 0.6) is 0 Å². The van der Waals surface area contributed by atoms with Gasteiger partial charge in [0.05, 0.1) is 11.0 Å². The van der Waals surface area contributed by atoms with Crippen LogP contribution in [0.1, 0.15) is 43.4 Å². The van der Waals surface area contributed by atoms with Gasteiger partial charge in [-0.15, -0.1) is 0 Å². The van der Waals surface area contributed by atoms with E-state index in [-0.39, 0.29) is 17.9 Å². The van der Waals surface area contributed by atoms with Crippen molar-refractivity contribution in [2.24, 2.45) is 12.5 Å². The SMILES string of the molecule is Cc1nc2cc(C(=O)N(CCCO)CC(C)(C)C)ccc2n1C. The Kier molecular flexibility index (Phi) is 5.09. The molecule has 1 amide bonds. The Balaban J connectivity index is 2.31. The zero-order chi connectivity index (χ0) is 17.2. The van der Waals surface area contributed by atoms with Crippen molar-refractivity contribution in [2.45, 2.75) is 34.1 Å². The molecule has 126 valence electrons. The molecule has 0 unspecified atom stereocenters. The average Bonchev–Trinajstić information content (AvgIpc) is 2.76. The molecule has 23 heavy (non-hydrogen) atoms. The Morgan fingerprint density at radius 2 is 2.04 bits per heavy atom. The lowest BCUT2D eigenvalue weighted by molar-refractivity contribution is 0.0682. The van der Waals surface area contributed by atoms with Crippen LogP contribution in [-0.2, 0) is 7.05 Å². The van der Waals surface area contributed by atoms with Gasteiger partial charge in [0.25, 0.3) is 5.91 Å². The molecule has 5 heteroatoms. The normalized spacial score (nSPS) is 11.9. The van der Waals surface area contributed by atoms with Crippen LogP contribution in [0.25, 0.3) is 11.0 Å². The predicted molar refractivity (Wildman–Crippen MR) is 92.5 cm³/mol. The van der Waals surface area contributed by atoms with Gasteiger partial charge >= 0.3 is 0 Å². The van der Waals surface area contributed by atoms with E-state index >= 15 is 0 Å². The Labute approximate surface area is 137 Å². The van der Waals surface area contributed by atoms with Crippen LogP contribution in [0.4, 0.5) is 0 Å².